The number of thiophene rings is 1. The molecule has 2 aromatic heterocycles. The lowest BCUT2D eigenvalue weighted by Crippen LogP contribution is -2.42. The van der Waals surface area contributed by atoms with Crippen molar-refractivity contribution in [3.05, 3.63) is 41.8 Å². The number of amides is 1. The van der Waals surface area contributed by atoms with Crippen LogP contribution < -0.4 is 10.2 Å². The van der Waals surface area contributed by atoms with Crippen LogP contribution in [0.3, 0.4) is 0 Å². The van der Waals surface area contributed by atoms with Gasteiger partial charge in [-0.3, -0.25) is 9.69 Å². The second kappa shape index (κ2) is 11.1. The van der Waals surface area contributed by atoms with Crippen LogP contribution in [0.5, 0.6) is 5.75 Å². The largest absolute Gasteiger partial charge is 0.508 e. The summed E-state index contributed by atoms with van der Waals surface area (Å²) in [4.78, 5) is 27.7. The highest BCUT2D eigenvalue weighted by atomic mass is 32.2. The van der Waals surface area contributed by atoms with Crippen molar-refractivity contribution >= 4 is 50.9 Å². The second-order valence-corrected chi connectivity index (χ2v) is 10.8. The molecule has 36 heavy (non-hydrogen) atoms. The fraction of sp³-hybridized carbons (Fsp3) is 0.400. The van der Waals surface area contributed by atoms with Crippen LogP contribution in [0, 0.1) is 0 Å². The van der Waals surface area contributed by atoms with E-state index in [1.807, 2.05) is 11.9 Å². The van der Waals surface area contributed by atoms with Crippen molar-refractivity contribution in [2.24, 2.45) is 0 Å². The average Bonchev–Trinajstić information content (AvgIpc) is 3.31. The Labute approximate surface area is 218 Å². The molecule has 1 aromatic carbocycles. The lowest BCUT2D eigenvalue weighted by molar-refractivity contribution is -0.111. The average molecular weight is 527 g/mol. The van der Waals surface area contributed by atoms with Gasteiger partial charge < -0.3 is 20.1 Å². The molecule has 2 aliphatic rings. The molecule has 0 spiro atoms. The molecular formula is C25H30N6O3S2. The number of nitrogens with zero attached hydrogens (tertiary/aromatic N) is 5. The van der Waals surface area contributed by atoms with Crippen LogP contribution >= 0.6 is 23.3 Å². The Balaban J connectivity index is 1.50. The number of carbonyl (C=O) groups is 1. The van der Waals surface area contributed by atoms with Crippen LogP contribution in [-0.4, -0.2) is 88.9 Å². The molecule has 0 atom stereocenters. The van der Waals surface area contributed by atoms with Crippen LogP contribution in [0.25, 0.3) is 21.6 Å². The summed E-state index contributed by atoms with van der Waals surface area (Å²) in [6, 6.07) is 7.04. The first kappa shape index (κ1) is 25.0. The van der Waals surface area contributed by atoms with Crippen molar-refractivity contribution in [1.29, 1.82) is 0 Å². The molecule has 2 aliphatic heterocycles. The van der Waals surface area contributed by atoms with E-state index in [4.69, 9.17) is 14.7 Å². The normalized spacial score (nSPS) is 17.4. The number of phenolic OH excluding ortho intramolecular Hbond substituents is 1. The standard InChI is InChI=1S/C25H30N6O3S2/c1-3-22(33)26-18-12-17(13-19(32)14-18)24-27-21-15-20(16-29-4-6-31(35-2)7-5-29)36-23(21)25(28-24)30-8-10-34-11-9-30/h3,12-15,32H,1,4-11,16H2,2H3,(H,26,33). The first-order valence-electron chi connectivity index (χ1n) is 11.9. The third-order valence-electron chi connectivity index (χ3n) is 6.31. The number of benzene rings is 1. The Morgan fingerprint density at radius 1 is 1.17 bits per heavy atom. The van der Waals surface area contributed by atoms with E-state index in [9.17, 15) is 9.90 Å². The minimum absolute atomic E-state index is 0.0267. The molecule has 4 heterocycles. The molecule has 11 heteroatoms. The van der Waals surface area contributed by atoms with Gasteiger partial charge in [0.1, 0.15) is 5.75 Å². The predicted molar refractivity (Wildman–Crippen MR) is 147 cm³/mol. The minimum Gasteiger partial charge on any atom is -0.508 e. The molecule has 0 aliphatic carbocycles. The van der Waals surface area contributed by atoms with Gasteiger partial charge in [-0.15, -0.1) is 11.3 Å². The first-order valence-corrected chi connectivity index (χ1v) is 13.9. The molecule has 0 saturated carbocycles. The molecule has 9 nitrogen and oxygen atoms in total. The quantitative estimate of drug-likeness (QED) is 0.355. The number of fused-ring (bicyclic) bond motifs is 1. The maximum atomic E-state index is 11.8. The minimum atomic E-state index is -0.349. The van der Waals surface area contributed by atoms with Crippen molar-refractivity contribution in [2.75, 3.05) is 69.0 Å². The van der Waals surface area contributed by atoms with E-state index in [1.165, 1.54) is 17.0 Å². The summed E-state index contributed by atoms with van der Waals surface area (Å²) in [6.45, 7) is 11.4. The summed E-state index contributed by atoms with van der Waals surface area (Å²) in [5.41, 5.74) is 1.98. The number of hydrogen-bond donors (Lipinski definition) is 2. The van der Waals surface area contributed by atoms with Crippen LogP contribution in [0.1, 0.15) is 4.88 Å². The summed E-state index contributed by atoms with van der Waals surface area (Å²) in [5.74, 6) is 1.07. The summed E-state index contributed by atoms with van der Waals surface area (Å²) < 4.78 is 9.04. The number of carbonyl (C=O) groups excluding carboxylic acids is 1. The number of piperazine rings is 1. The maximum absolute atomic E-state index is 11.8. The van der Waals surface area contributed by atoms with Crippen molar-refractivity contribution < 1.29 is 14.6 Å². The van der Waals surface area contributed by atoms with Gasteiger partial charge in [0.15, 0.2) is 11.6 Å². The molecule has 190 valence electrons. The Morgan fingerprint density at radius 3 is 2.67 bits per heavy atom. The summed E-state index contributed by atoms with van der Waals surface area (Å²) in [7, 11) is 0. The zero-order valence-electron chi connectivity index (χ0n) is 20.3. The highest BCUT2D eigenvalue weighted by molar-refractivity contribution is 7.96. The van der Waals surface area contributed by atoms with Gasteiger partial charge in [-0.1, -0.05) is 18.5 Å². The van der Waals surface area contributed by atoms with Gasteiger partial charge in [-0.05, 0) is 30.5 Å². The van der Waals surface area contributed by atoms with E-state index in [-0.39, 0.29) is 11.7 Å². The van der Waals surface area contributed by atoms with Crippen LogP contribution in [0.15, 0.2) is 36.9 Å². The van der Waals surface area contributed by atoms with Crippen LogP contribution in [0.2, 0.25) is 0 Å². The first-order chi connectivity index (χ1) is 17.5. The number of morpholine rings is 1. The highest BCUT2D eigenvalue weighted by Crippen LogP contribution is 2.36. The predicted octanol–water partition coefficient (Wildman–Crippen LogP) is 3.42. The van der Waals surface area contributed by atoms with Gasteiger partial charge in [-0.25, -0.2) is 14.3 Å². The number of anilines is 2. The lowest BCUT2D eigenvalue weighted by Gasteiger charge is -2.32. The fourth-order valence-corrected chi connectivity index (χ4v) is 6.14. The topological polar surface area (TPSA) is 94.1 Å². The number of rotatable bonds is 7. The van der Waals surface area contributed by atoms with Crippen molar-refractivity contribution in [2.45, 2.75) is 6.54 Å². The molecule has 1 amide bonds. The Morgan fingerprint density at radius 2 is 1.94 bits per heavy atom. The maximum Gasteiger partial charge on any atom is 0.247 e. The Hall–Kier alpha value is -2.70. The van der Waals surface area contributed by atoms with Gasteiger partial charge >= 0.3 is 0 Å². The monoisotopic (exact) mass is 526 g/mol. The van der Waals surface area contributed by atoms with E-state index in [2.05, 4.69) is 38.3 Å². The number of ether oxygens (including phenoxy) is 1. The number of nitrogens with one attached hydrogen (secondary N) is 1. The van der Waals surface area contributed by atoms with E-state index >= 15 is 0 Å². The highest BCUT2D eigenvalue weighted by Gasteiger charge is 2.22. The Kier molecular flexibility index (Phi) is 7.73. The summed E-state index contributed by atoms with van der Waals surface area (Å²) in [5, 5.41) is 13.0. The van der Waals surface area contributed by atoms with Gasteiger partial charge in [-0.2, -0.15) is 0 Å². The van der Waals surface area contributed by atoms with Crippen molar-refractivity contribution in [1.82, 2.24) is 19.2 Å². The zero-order valence-corrected chi connectivity index (χ0v) is 21.9. The lowest BCUT2D eigenvalue weighted by atomic mass is 10.1. The van der Waals surface area contributed by atoms with Crippen molar-refractivity contribution in [3.63, 3.8) is 0 Å². The number of phenols is 1. The summed E-state index contributed by atoms with van der Waals surface area (Å²) in [6.07, 6.45) is 3.32. The van der Waals surface area contributed by atoms with Crippen molar-refractivity contribution in [3.8, 4) is 17.1 Å². The molecule has 3 aromatic rings. The second-order valence-electron chi connectivity index (χ2n) is 8.75. The molecule has 2 N–H and O–H groups in total. The van der Waals surface area contributed by atoms with Crippen LogP contribution in [-0.2, 0) is 16.1 Å². The van der Waals surface area contributed by atoms with Gasteiger partial charge in [0.25, 0.3) is 0 Å². The number of aromatic nitrogens is 2. The van der Waals surface area contributed by atoms with E-state index in [0.717, 1.165) is 61.8 Å². The van der Waals surface area contributed by atoms with Gasteiger partial charge in [0, 0.05) is 68.0 Å². The smallest absolute Gasteiger partial charge is 0.247 e. The third kappa shape index (κ3) is 5.65. The van der Waals surface area contributed by atoms with E-state index in [0.29, 0.717) is 30.3 Å². The molecule has 0 bridgehead atoms. The van der Waals surface area contributed by atoms with Gasteiger partial charge in [0.2, 0.25) is 5.91 Å². The molecule has 0 unspecified atom stereocenters. The molecule has 2 fully saturated rings. The molecule has 0 radical (unpaired) electrons. The van der Waals surface area contributed by atoms with E-state index < -0.39 is 0 Å². The SMILES string of the molecule is C=CC(=O)Nc1cc(O)cc(-c2nc(N3CCOCC3)c3sc(CN4CCN(SC)CC4)cc3n2)c1. The zero-order chi connectivity index (χ0) is 25.1. The number of hydrogen-bond acceptors (Lipinski definition) is 10. The van der Waals surface area contributed by atoms with Gasteiger partial charge in [0.05, 0.1) is 23.4 Å². The third-order valence-corrected chi connectivity index (χ3v) is 8.30. The van der Waals surface area contributed by atoms with E-state index in [1.54, 1.807) is 23.5 Å². The Bertz CT molecular complexity index is 1250. The molecule has 2 saturated heterocycles. The molecular weight excluding hydrogens is 496 g/mol. The summed E-state index contributed by atoms with van der Waals surface area (Å²) >= 11 is 3.56. The fourth-order valence-electron chi connectivity index (χ4n) is 4.46. The number of aromatic hydroxyl groups is 1. The van der Waals surface area contributed by atoms with Crippen LogP contribution in [0.4, 0.5) is 11.5 Å². The molecule has 5 rings (SSSR count).